The van der Waals surface area contributed by atoms with Gasteiger partial charge in [0.1, 0.15) is 12.4 Å². The summed E-state index contributed by atoms with van der Waals surface area (Å²) < 4.78 is 26.0. The summed E-state index contributed by atoms with van der Waals surface area (Å²) in [5.74, 6) is -0.0499. The molecule has 0 aliphatic rings. The molecule has 30 heavy (non-hydrogen) atoms. The quantitative estimate of drug-likeness (QED) is 0.353. The highest BCUT2D eigenvalue weighted by Crippen LogP contribution is 2.35. The molecule has 7 heteroatoms. The van der Waals surface area contributed by atoms with Gasteiger partial charge >= 0.3 is 5.97 Å². The Morgan fingerprint density at radius 2 is 1.87 bits per heavy atom. The summed E-state index contributed by atoms with van der Waals surface area (Å²) >= 11 is 2.18. The second-order valence-corrected chi connectivity index (χ2v) is 7.66. The number of rotatable bonds is 9. The third-order valence-corrected chi connectivity index (χ3v) is 5.05. The van der Waals surface area contributed by atoms with Crippen molar-refractivity contribution in [1.82, 2.24) is 0 Å². The van der Waals surface area contributed by atoms with E-state index in [-0.39, 0.29) is 18.0 Å². The fraction of sp³-hybridized carbons (Fsp3) is 0.174. The van der Waals surface area contributed by atoms with E-state index in [9.17, 15) is 9.18 Å². The number of benzene rings is 3. The van der Waals surface area contributed by atoms with Crippen molar-refractivity contribution in [1.29, 1.82) is 0 Å². The van der Waals surface area contributed by atoms with E-state index in [0.29, 0.717) is 30.3 Å². The first-order valence-corrected chi connectivity index (χ1v) is 10.4. The maximum Gasteiger partial charge on any atom is 0.335 e. The largest absolute Gasteiger partial charge is 0.490 e. The lowest BCUT2D eigenvalue weighted by Gasteiger charge is -2.16. The first kappa shape index (κ1) is 21.9. The molecule has 0 aliphatic carbocycles. The number of hydrogen-bond acceptors (Lipinski definition) is 4. The van der Waals surface area contributed by atoms with Crippen LogP contribution in [0.15, 0.2) is 60.7 Å². The molecule has 0 saturated heterocycles. The van der Waals surface area contributed by atoms with Gasteiger partial charge in [0.2, 0.25) is 0 Å². The molecule has 0 heterocycles. The summed E-state index contributed by atoms with van der Waals surface area (Å²) in [5.41, 5.74) is 2.64. The summed E-state index contributed by atoms with van der Waals surface area (Å²) in [6.07, 6.45) is 0. The van der Waals surface area contributed by atoms with Crippen LogP contribution >= 0.6 is 22.6 Å². The Bertz CT molecular complexity index is 1040. The average Bonchev–Trinajstić information content (AvgIpc) is 2.72. The second kappa shape index (κ2) is 10.3. The van der Waals surface area contributed by atoms with Gasteiger partial charge in [-0.05, 0) is 83.1 Å². The smallest absolute Gasteiger partial charge is 0.335 e. The lowest BCUT2D eigenvalue weighted by Crippen LogP contribution is -2.05. The Morgan fingerprint density at radius 1 is 1.07 bits per heavy atom. The van der Waals surface area contributed by atoms with Crippen LogP contribution in [-0.2, 0) is 13.2 Å². The van der Waals surface area contributed by atoms with Gasteiger partial charge in [0.25, 0.3) is 0 Å². The van der Waals surface area contributed by atoms with Crippen molar-refractivity contribution in [2.75, 3.05) is 11.9 Å². The molecule has 0 bridgehead atoms. The van der Waals surface area contributed by atoms with E-state index in [0.717, 1.165) is 14.7 Å². The fourth-order valence-corrected chi connectivity index (χ4v) is 3.70. The van der Waals surface area contributed by atoms with E-state index in [2.05, 4.69) is 27.9 Å². The molecule has 0 amide bonds. The highest BCUT2D eigenvalue weighted by molar-refractivity contribution is 14.1. The van der Waals surface area contributed by atoms with Gasteiger partial charge < -0.3 is 19.9 Å². The SMILES string of the molecule is CCOc1cc(CNc2cccc(C(=O)O)c2)cc(I)c1OCc1cccc(F)c1. The fourth-order valence-electron chi connectivity index (χ4n) is 2.88. The molecule has 0 aromatic heterocycles. The zero-order chi connectivity index (χ0) is 21.5. The Labute approximate surface area is 188 Å². The minimum Gasteiger partial charge on any atom is -0.490 e. The van der Waals surface area contributed by atoms with E-state index < -0.39 is 5.97 Å². The Morgan fingerprint density at radius 3 is 2.60 bits per heavy atom. The van der Waals surface area contributed by atoms with E-state index >= 15 is 0 Å². The molecule has 0 spiro atoms. The lowest BCUT2D eigenvalue weighted by molar-refractivity contribution is 0.0697. The summed E-state index contributed by atoms with van der Waals surface area (Å²) in [7, 11) is 0. The van der Waals surface area contributed by atoms with Gasteiger partial charge in [-0.25, -0.2) is 9.18 Å². The molecule has 0 aliphatic heterocycles. The molecule has 3 rings (SSSR count). The highest BCUT2D eigenvalue weighted by atomic mass is 127. The molecule has 0 atom stereocenters. The molecule has 0 unspecified atom stereocenters. The van der Waals surface area contributed by atoms with Gasteiger partial charge in [0.05, 0.1) is 15.7 Å². The van der Waals surface area contributed by atoms with E-state index in [1.54, 1.807) is 30.3 Å². The zero-order valence-corrected chi connectivity index (χ0v) is 18.5. The monoisotopic (exact) mass is 521 g/mol. The predicted octanol–water partition coefficient (Wildman–Crippen LogP) is 5.72. The third-order valence-electron chi connectivity index (χ3n) is 4.25. The Balaban J connectivity index is 1.75. The summed E-state index contributed by atoms with van der Waals surface area (Å²) in [4.78, 5) is 11.1. The van der Waals surface area contributed by atoms with Gasteiger partial charge in [-0.2, -0.15) is 0 Å². The van der Waals surface area contributed by atoms with Crippen LogP contribution in [0.5, 0.6) is 11.5 Å². The summed E-state index contributed by atoms with van der Waals surface area (Å²) in [6.45, 7) is 3.09. The number of carboxylic acids is 1. The molecular formula is C23H21FINO4. The number of carboxylic acid groups (broad SMARTS) is 1. The van der Waals surface area contributed by atoms with Crippen LogP contribution < -0.4 is 14.8 Å². The van der Waals surface area contributed by atoms with Crippen molar-refractivity contribution in [3.05, 3.63) is 86.7 Å². The summed E-state index contributed by atoms with van der Waals surface area (Å²) in [6, 6.07) is 16.8. The lowest BCUT2D eigenvalue weighted by atomic mass is 10.1. The van der Waals surface area contributed by atoms with Crippen LogP contribution in [0, 0.1) is 9.39 Å². The molecule has 3 aromatic carbocycles. The Hall–Kier alpha value is -2.81. The first-order valence-electron chi connectivity index (χ1n) is 9.36. The van der Waals surface area contributed by atoms with Crippen molar-refractivity contribution in [3.8, 4) is 11.5 Å². The summed E-state index contributed by atoms with van der Waals surface area (Å²) in [5, 5.41) is 12.4. The van der Waals surface area contributed by atoms with Crippen molar-refractivity contribution in [2.24, 2.45) is 0 Å². The van der Waals surface area contributed by atoms with Gasteiger partial charge in [0.15, 0.2) is 11.5 Å². The van der Waals surface area contributed by atoms with Crippen LogP contribution in [0.25, 0.3) is 0 Å². The van der Waals surface area contributed by atoms with Gasteiger partial charge in [-0.1, -0.05) is 18.2 Å². The van der Waals surface area contributed by atoms with Crippen LogP contribution in [0.3, 0.4) is 0 Å². The van der Waals surface area contributed by atoms with Crippen LogP contribution in [0.4, 0.5) is 10.1 Å². The number of nitrogens with one attached hydrogen (secondary N) is 1. The highest BCUT2D eigenvalue weighted by Gasteiger charge is 2.13. The molecule has 0 saturated carbocycles. The maximum absolute atomic E-state index is 13.4. The maximum atomic E-state index is 13.4. The van der Waals surface area contributed by atoms with Crippen LogP contribution in [-0.4, -0.2) is 17.7 Å². The molecule has 0 radical (unpaired) electrons. The molecule has 2 N–H and O–H groups in total. The van der Waals surface area contributed by atoms with Crippen LogP contribution in [0.1, 0.15) is 28.4 Å². The van der Waals surface area contributed by atoms with Crippen LogP contribution in [0.2, 0.25) is 0 Å². The molecule has 0 fully saturated rings. The van der Waals surface area contributed by atoms with Gasteiger partial charge in [0, 0.05) is 12.2 Å². The van der Waals surface area contributed by atoms with Gasteiger partial charge in [-0.3, -0.25) is 0 Å². The number of ether oxygens (including phenoxy) is 2. The topological polar surface area (TPSA) is 67.8 Å². The van der Waals surface area contributed by atoms with E-state index in [1.165, 1.54) is 12.1 Å². The third kappa shape index (κ3) is 5.85. The number of halogens is 2. The minimum atomic E-state index is -0.966. The van der Waals surface area contributed by atoms with Gasteiger partial charge in [-0.15, -0.1) is 0 Å². The van der Waals surface area contributed by atoms with E-state index in [1.807, 2.05) is 25.1 Å². The molecule has 156 valence electrons. The van der Waals surface area contributed by atoms with Crippen molar-refractivity contribution in [2.45, 2.75) is 20.1 Å². The molecule has 5 nitrogen and oxygen atoms in total. The minimum absolute atomic E-state index is 0.227. The Kier molecular flexibility index (Phi) is 7.51. The zero-order valence-electron chi connectivity index (χ0n) is 16.3. The van der Waals surface area contributed by atoms with E-state index in [4.69, 9.17) is 14.6 Å². The standard InChI is InChI=1S/C23H21FINO4/c1-2-29-21-11-16(13-26-19-8-4-6-17(12-19)23(27)28)10-20(25)22(21)30-14-15-5-3-7-18(24)9-15/h3-12,26H,2,13-14H2,1H3,(H,27,28). The number of aromatic carboxylic acids is 1. The first-order chi connectivity index (χ1) is 14.5. The van der Waals surface area contributed by atoms with Crippen molar-refractivity contribution >= 4 is 34.2 Å². The number of hydrogen-bond donors (Lipinski definition) is 2. The number of anilines is 1. The normalized spacial score (nSPS) is 10.5. The van der Waals surface area contributed by atoms with Crippen molar-refractivity contribution < 1.29 is 23.8 Å². The molecular weight excluding hydrogens is 500 g/mol. The average molecular weight is 521 g/mol. The van der Waals surface area contributed by atoms with Crippen molar-refractivity contribution in [3.63, 3.8) is 0 Å². The predicted molar refractivity (Wildman–Crippen MR) is 122 cm³/mol. The number of carbonyl (C=O) groups is 1. The second-order valence-electron chi connectivity index (χ2n) is 6.50. The molecule has 3 aromatic rings.